The van der Waals surface area contributed by atoms with Crippen LogP contribution in [0.15, 0.2) is 42.5 Å². The molecule has 0 amide bonds. The molecule has 3 aromatic rings. The van der Waals surface area contributed by atoms with E-state index in [0.29, 0.717) is 6.61 Å². The molecule has 1 fully saturated rings. The molecule has 1 aliphatic heterocycles. The summed E-state index contributed by atoms with van der Waals surface area (Å²) in [5, 5.41) is 7.92. The number of nitrogens with zero attached hydrogens (tertiary/aromatic N) is 4. The van der Waals surface area contributed by atoms with Crippen molar-refractivity contribution in [3.8, 4) is 5.75 Å². The number of hydrazine groups is 1. The molecule has 0 atom stereocenters. The minimum Gasteiger partial charge on any atom is -0.494 e. The van der Waals surface area contributed by atoms with E-state index in [1.54, 1.807) is 0 Å². The summed E-state index contributed by atoms with van der Waals surface area (Å²) in [6, 6.07) is 14.0. The predicted octanol–water partition coefficient (Wildman–Crippen LogP) is 1.40. The Bertz CT molecular complexity index is 1020. The molecule has 0 spiro atoms. The molecular weight excluding hydrogens is 392 g/mol. The molecule has 166 valence electrons. The highest BCUT2D eigenvalue weighted by molar-refractivity contribution is 6.00. The van der Waals surface area contributed by atoms with Crippen LogP contribution in [0.3, 0.4) is 0 Å². The average Bonchev–Trinajstić information content (AvgIpc) is 3.11. The van der Waals surface area contributed by atoms with Gasteiger partial charge in [0, 0.05) is 44.9 Å². The van der Waals surface area contributed by atoms with Gasteiger partial charge >= 0.3 is 0 Å². The number of hydrogen-bond acceptors (Lipinski definition) is 7. The zero-order valence-corrected chi connectivity index (χ0v) is 18.2. The van der Waals surface area contributed by atoms with Gasteiger partial charge in [0.1, 0.15) is 17.4 Å². The third-order valence-electron chi connectivity index (χ3n) is 5.53. The lowest BCUT2D eigenvalue weighted by atomic mass is 10.1. The van der Waals surface area contributed by atoms with E-state index >= 15 is 0 Å². The second-order valence-corrected chi connectivity index (χ2v) is 7.36. The zero-order chi connectivity index (χ0) is 22.4. The van der Waals surface area contributed by atoms with E-state index in [1.807, 2.05) is 31.2 Å². The van der Waals surface area contributed by atoms with Crippen molar-refractivity contribution in [2.45, 2.75) is 13.5 Å². The van der Waals surface area contributed by atoms with E-state index in [4.69, 9.17) is 20.9 Å². The SMILES string of the molecule is CCOc1ccc(C(=N)N)c(N2CCN(Cc3nc4ccccc4n3C)CC2)c1.NN. The van der Waals surface area contributed by atoms with E-state index in [-0.39, 0.29) is 5.84 Å². The second kappa shape index (κ2) is 10.3. The summed E-state index contributed by atoms with van der Waals surface area (Å²) in [6.45, 7) is 7.03. The van der Waals surface area contributed by atoms with E-state index in [1.165, 1.54) is 5.52 Å². The number of benzene rings is 2. The number of imidazole rings is 1. The molecular formula is C22H32N8O. The fraction of sp³-hybridized carbons (Fsp3) is 0.364. The van der Waals surface area contributed by atoms with Gasteiger partial charge in [-0.25, -0.2) is 4.98 Å². The van der Waals surface area contributed by atoms with Crippen LogP contribution in [0, 0.1) is 5.41 Å². The zero-order valence-electron chi connectivity index (χ0n) is 18.2. The van der Waals surface area contributed by atoms with E-state index in [0.717, 1.165) is 61.1 Å². The van der Waals surface area contributed by atoms with Crippen molar-refractivity contribution in [3.63, 3.8) is 0 Å². The Balaban J connectivity index is 0.00000132. The number of nitrogens with one attached hydrogen (secondary N) is 1. The predicted molar refractivity (Wildman–Crippen MR) is 125 cm³/mol. The first-order chi connectivity index (χ1) is 15.1. The number of rotatable bonds is 6. The third kappa shape index (κ3) is 4.96. The van der Waals surface area contributed by atoms with Crippen LogP contribution in [0.1, 0.15) is 18.3 Å². The minimum absolute atomic E-state index is 0.0881. The van der Waals surface area contributed by atoms with Gasteiger partial charge in [-0.2, -0.15) is 0 Å². The molecule has 9 heteroatoms. The summed E-state index contributed by atoms with van der Waals surface area (Å²) in [6.07, 6.45) is 0. The maximum atomic E-state index is 7.92. The van der Waals surface area contributed by atoms with Gasteiger partial charge in [-0.05, 0) is 31.2 Å². The average molecular weight is 425 g/mol. The Labute approximate surface area is 182 Å². The Morgan fingerprint density at radius 1 is 1.10 bits per heavy atom. The monoisotopic (exact) mass is 424 g/mol. The maximum Gasteiger partial charge on any atom is 0.124 e. The first-order valence-electron chi connectivity index (χ1n) is 10.4. The van der Waals surface area contributed by atoms with Gasteiger partial charge in [0.25, 0.3) is 0 Å². The van der Waals surface area contributed by atoms with Gasteiger partial charge in [0.05, 0.1) is 29.9 Å². The number of nitrogen functional groups attached to an aromatic ring is 1. The fourth-order valence-electron chi connectivity index (χ4n) is 3.94. The van der Waals surface area contributed by atoms with E-state index in [2.05, 4.69) is 51.3 Å². The van der Waals surface area contributed by atoms with Gasteiger partial charge < -0.3 is 19.9 Å². The maximum absolute atomic E-state index is 7.92. The highest BCUT2D eigenvalue weighted by Crippen LogP contribution is 2.27. The van der Waals surface area contributed by atoms with Crippen LogP contribution in [-0.2, 0) is 13.6 Å². The first-order valence-corrected chi connectivity index (χ1v) is 10.4. The van der Waals surface area contributed by atoms with E-state index in [9.17, 15) is 0 Å². The van der Waals surface area contributed by atoms with Crippen LogP contribution in [0.25, 0.3) is 11.0 Å². The fourth-order valence-corrected chi connectivity index (χ4v) is 3.94. The number of para-hydroxylation sites is 2. The van der Waals surface area contributed by atoms with Crippen molar-refractivity contribution in [1.29, 1.82) is 5.41 Å². The standard InChI is InChI=1S/C22H28N6O.H4N2/c1-3-29-16-8-9-17(22(23)24)20(14-16)28-12-10-27(11-13-28)15-21-25-18-6-4-5-7-19(18)26(21)2;1-2/h4-9,14H,3,10-13,15H2,1-2H3,(H3,23,24);1-2H2. The van der Waals surface area contributed by atoms with Crippen LogP contribution in [0.5, 0.6) is 5.75 Å². The normalized spacial score (nSPS) is 14.3. The summed E-state index contributed by atoms with van der Waals surface area (Å²) in [4.78, 5) is 9.52. The lowest BCUT2D eigenvalue weighted by molar-refractivity contribution is 0.242. The number of anilines is 1. The first kappa shape index (κ1) is 22.5. The van der Waals surface area contributed by atoms with Gasteiger partial charge in [0.2, 0.25) is 0 Å². The molecule has 1 aromatic heterocycles. The third-order valence-corrected chi connectivity index (χ3v) is 5.53. The van der Waals surface area contributed by atoms with Crippen molar-refractivity contribution in [2.24, 2.45) is 24.5 Å². The van der Waals surface area contributed by atoms with Crippen LogP contribution in [-0.4, -0.2) is 53.1 Å². The lowest BCUT2D eigenvalue weighted by Gasteiger charge is -2.36. The Hall–Kier alpha value is -3.14. The van der Waals surface area contributed by atoms with Gasteiger partial charge in [-0.1, -0.05) is 12.1 Å². The number of amidine groups is 1. The Morgan fingerprint density at radius 3 is 2.45 bits per heavy atom. The van der Waals surface area contributed by atoms with Crippen molar-refractivity contribution in [2.75, 3.05) is 37.7 Å². The molecule has 0 saturated carbocycles. The molecule has 0 unspecified atom stereocenters. The number of piperazine rings is 1. The smallest absolute Gasteiger partial charge is 0.124 e. The van der Waals surface area contributed by atoms with Crippen LogP contribution in [0.4, 0.5) is 5.69 Å². The summed E-state index contributed by atoms with van der Waals surface area (Å²) in [5.74, 6) is 9.99. The van der Waals surface area contributed by atoms with Gasteiger partial charge in [0.15, 0.2) is 0 Å². The van der Waals surface area contributed by atoms with Crippen molar-refractivity contribution in [3.05, 3.63) is 53.9 Å². The molecule has 2 heterocycles. The number of aryl methyl sites for hydroxylation is 1. The molecule has 31 heavy (non-hydrogen) atoms. The topological polar surface area (TPSA) is 135 Å². The molecule has 1 aliphatic rings. The lowest BCUT2D eigenvalue weighted by Crippen LogP contribution is -2.46. The summed E-state index contributed by atoms with van der Waals surface area (Å²) in [7, 11) is 2.08. The molecule has 0 radical (unpaired) electrons. The largest absolute Gasteiger partial charge is 0.494 e. The summed E-state index contributed by atoms with van der Waals surface area (Å²) in [5.41, 5.74) is 9.77. The highest BCUT2D eigenvalue weighted by Gasteiger charge is 2.22. The molecule has 2 aromatic carbocycles. The molecule has 9 nitrogen and oxygen atoms in total. The number of hydrogen-bond donors (Lipinski definition) is 4. The summed E-state index contributed by atoms with van der Waals surface area (Å²) >= 11 is 0. The molecule has 1 saturated heterocycles. The number of ether oxygens (including phenoxy) is 1. The highest BCUT2D eigenvalue weighted by atomic mass is 16.5. The Kier molecular flexibility index (Phi) is 7.45. The van der Waals surface area contributed by atoms with Crippen molar-refractivity contribution < 1.29 is 4.74 Å². The number of aromatic nitrogens is 2. The quantitative estimate of drug-likeness (QED) is 0.203. The minimum atomic E-state index is 0.0881. The summed E-state index contributed by atoms with van der Waals surface area (Å²) < 4.78 is 7.84. The van der Waals surface area contributed by atoms with Crippen LogP contribution >= 0.6 is 0 Å². The van der Waals surface area contributed by atoms with Crippen molar-refractivity contribution >= 4 is 22.6 Å². The van der Waals surface area contributed by atoms with Crippen LogP contribution < -0.4 is 27.1 Å². The number of nitrogens with two attached hydrogens (primary N) is 3. The molecule has 4 rings (SSSR count). The van der Waals surface area contributed by atoms with Gasteiger partial charge in [-0.15, -0.1) is 0 Å². The molecule has 0 aliphatic carbocycles. The molecule has 0 bridgehead atoms. The van der Waals surface area contributed by atoms with Crippen LogP contribution in [0.2, 0.25) is 0 Å². The number of fused-ring (bicyclic) bond motifs is 1. The molecule has 7 N–H and O–H groups in total. The Morgan fingerprint density at radius 2 is 1.81 bits per heavy atom. The van der Waals surface area contributed by atoms with Crippen molar-refractivity contribution in [1.82, 2.24) is 14.5 Å². The van der Waals surface area contributed by atoms with Gasteiger partial charge in [-0.3, -0.25) is 22.0 Å². The van der Waals surface area contributed by atoms with E-state index < -0.39 is 0 Å². The second-order valence-electron chi connectivity index (χ2n) is 7.36.